The molecule has 0 unspecified atom stereocenters. The summed E-state index contributed by atoms with van der Waals surface area (Å²) in [5.74, 6) is -2.11. The van der Waals surface area contributed by atoms with Crippen molar-refractivity contribution >= 4 is 61.8 Å². The number of unbranched alkanes of at least 4 members (excludes halogenated alkanes) is 1. The van der Waals surface area contributed by atoms with Gasteiger partial charge in [0.1, 0.15) is 5.69 Å². The minimum atomic E-state index is -0.863. The molecule has 1 aromatic heterocycles. The summed E-state index contributed by atoms with van der Waals surface area (Å²) >= 11 is 9.53. The van der Waals surface area contributed by atoms with Crippen molar-refractivity contribution in [3.05, 3.63) is 63.7 Å². The quantitative estimate of drug-likeness (QED) is 0.355. The molecule has 0 radical (unpaired) electrons. The molecule has 0 spiro atoms. The van der Waals surface area contributed by atoms with Crippen molar-refractivity contribution in [2.45, 2.75) is 19.8 Å². The second kappa shape index (κ2) is 9.77. The highest BCUT2D eigenvalue weighted by Crippen LogP contribution is 2.25. The summed E-state index contributed by atoms with van der Waals surface area (Å²) in [6.07, 6.45) is 1.66. The minimum Gasteiger partial charge on any atom is -0.348 e. The third-order valence-corrected chi connectivity index (χ3v) is 5.18. The van der Waals surface area contributed by atoms with Gasteiger partial charge in [-0.3, -0.25) is 19.8 Å². The van der Waals surface area contributed by atoms with E-state index in [4.69, 9.17) is 11.6 Å². The predicted octanol–water partition coefficient (Wildman–Crippen LogP) is 4.30. The summed E-state index contributed by atoms with van der Waals surface area (Å²) in [4.78, 5) is 37.4. The van der Waals surface area contributed by atoms with Gasteiger partial charge >= 0.3 is 11.8 Å². The van der Waals surface area contributed by atoms with E-state index < -0.39 is 17.7 Å². The van der Waals surface area contributed by atoms with Crippen LogP contribution in [-0.2, 0) is 9.59 Å². The van der Waals surface area contributed by atoms with Gasteiger partial charge in [0.25, 0.3) is 5.91 Å². The van der Waals surface area contributed by atoms with Crippen LogP contribution < -0.4 is 16.1 Å². The van der Waals surface area contributed by atoms with Crippen molar-refractivity contribution in [1.82, 2.24) is 9.99 Å². The van der Waals surface area contributed by atoms with E-state index in [1.54, 1.807) is 42.5 Å². The van der Waals surface area contributed by atoms with Crippen LogP contribution in [0.15, 0.2) is 53.0 Å². The van der Waals surface area contributed by atoms with Gasteiger partial charge < -0.3 is 10.6 Å². The van der Waals surface area contributed by atoms with Crippen LogP contribution >= 0.6 is 27.5 Å². The Labute approximate surface area is 186 Å². The first-order valence-corrected chi connectivity index (χ1v) is 10.5. The smallest absolute Gasteiger partial charge is 0.328 e. The number of carbonyl (C=O) groups excluding carboxylic acids is 3. The molecular weight excluding hydrogens is 472 g/mol. The highest BCUT2D eigenvalue weighted by molar-refractivity contribution is 9.10. The number of anilines is 1. The number of hydrogen-bond acceptors (Lipinski definition) is 3. The average Bonchev–Trinajstić information content (AvgIpc) is 3.07. The molecule has 0 fully saturated rings. The Morgan fingerprint density at radius 3 is 2.57 bits per heavy atom. The van der Waals surface area contributed by atoms with E-state index in [0.717, 1.165) is 17.3 Å². The number of benzene rings is 2. The van der Waals surface area contributed by atoms with Crippen LogP contribution in [-0.4, -0.2) is 28.9 Å². The lowest BCUT2D eigenvalue weighted by Crippen LogP contribution is -2.40. The SMILES string of the molecule is CCCCNC(=O)C(=O)Nn1c(C(=O)Nc2ccccc2Cl)cc2cc(Br)ccc21. The number of amides is 3. The number of hydrogen-bond donors (Lipinski definition) is 3. The second-order valence-corrected chi connectivity index (χ2v) is 7.88. The van der Waals surface area contributed by atoms with E-state index in [0.29, 0.717) is 28.2 Å². The van der Waals surface area contributed by atoms with Gasteiger partial charge in [-0.1, -0.05) is 53.0 Å². The topological polar surface area (TPSA) is 92.2 Å². The maximum atomic E-state index is 12.9. The normalized spacial score (nSPS) is 10.6. The molecule has 156 valence electrons. The molecule has 3 amide bonds. The van der Waals surface area contributed by atoms with Gasteiger partial charge in [-0.05, 0) is 42.8 Å². The molecule has 30 heavy (non-hydrogen) atoms. The molecular formula is C21H20BrClN4O3. The van der Waals surface area contributed by atoms with Crippen molar-refractivity contribution in [1.29, 1.82) is 0 Å². The largest absolute Gasteiger partial charge is 0.348 e. The zero-order valence-corrected chi connectivity index (χ0v) is 18.5. The number of nitrogens with zero attached hydrogens (tertiary/aromatic N) is 1. The summed E-state index contributed by atoms with van der Waals surface area (Å²) < 4.78 is 2.12. The van der Waals surface area contributed by atoms with Crippen LogP contribution in [0.4, 0.5) is 5.69 Å². The minimum absolute atomic E-state index is 0.151. The van der Waals surface area contributed by atoms with Crippen molar-refractivity contribution in [3.63, 3.8) is 0 Å². The van der Waals surface area contributed by atoms with E-state index in [1.165, 1.54) is 4.68 Å². The van der Waals surface area contributed by atoms with Crippen molar-refractivity contribution in [2.24, 2.45) is 0 Å². The first-order valence-electron chi connectivity index (χ1n) is 9.36. The third kappa shape index (κ3) is 5.01. The summed E-state index contributed by atoms with van der Waals surface area (Å²) in [5.41, 5.74) is 3.67. The third-order valence-electron chi connectivity index (χ3n) is 4.35. The lowest BCUT2D eigenvalue weighted by Gasteiger charge is -2.13. The van der Waals surface area contributed by atoms with Gasteiger partial charge in [0.15, 0.2) is 0 Å². The van der Waals surface area contributed by atoms with Crippen LogP contribution in [0.1, 0.15) is 30.3 Å². The fourth-order valence-corrected chi connectivity index (χ4v) is 3.40. The number of carbonyl (C=O) groups is 3. The van der Waals surface area contributed by atoms with E-state index in [1.807, 2.05) is 13.0 Å². The second-order valence-electron chi connectivity index (χ2n) is 6.55. The molecule has 7 nitrogen and oxygen atoms in total. The first kappa shape index (κ1) is 21.9. The van der Waals surface area contributed by atoms with Crippen molar-refractivity contribution < 1.29 is 14.4 Å². The molecule has 0 aliphatic carbocycles. The molecule has 0 saturated heterocycles. The van der Waals surface area contributed by atoms with Gasteiger partial charge in [-0.2, -0.15) is 0 Å². The monoisotopic (exact) mass is 490 g/mol. The first-order chi connectivity index (χ1) is 14.4. The van der Waals surface area contributed by atoms with Crippen LogP contribution in [0, 0.1) is 0 Å². The van der Waals surface area contributed by atoms with E-state index >= 15 is 0 Å². The van der Waals surface area contributed by atoms with Crippen LogP contribution in [0.25, 0.3) is 10.9 Å². The standard InChI is InChI=1S/C21H20BrClN4O3/c1-2-3-10-24-20(29)21(30)26-27-17-9-8-14(22)11-13(17)12-18(27)19(28)25-16-7-5-4-6-15(16)23/h4-9,11-12H,2-3,10H2,1H3,(H,24,29)(H,25,28)(H,26,30). The number of fused-ring (bicyclic) bond motifs is 1. The van der Waals surface area contributed by atoms with Gasteiger partial charge in [0.05, 0.1) is 16.2 Å². The molecule has 2 aromatic carbocycles. The summed E-state index contributed by atoms with van der Waals surface area (Å²) in [6, 6.07) is 13.8. The zero-order chi connectivity index (χ0) is 21.7. The molecule has 3 rings (SSSR count). The Balaban J connectivity index is 1.92. The van der Waals surface area contributed by atoms with Gasteiger partial charge in [-0.15, -0.1) is 0 Å². The van der Waals surface area contributed by atoms with Gasteiger partial charge in [0.2, 0.25) is 0 Å². The fourth-order valence-electron chi connectivity index (χ4n) is 2.83. The highest BCUT2D eigenvalue weighted by atomic mass is 79.9. The number of nitrogens with one attached hydrogen (secondary N) is 3. The lowest BCUT2D eigenvalue weighted by atomic mass is 10.2. The number of aromatic nitrogens is 1. The Kier molecular flexibility index (Phi) is 7.12. The Morgan fingerprint density at radius 1 is 1.07 bits per heavy atom. The zero-order valence-electron chi connectivity index (χ0n) is 16.2. The predicted molar refractivity (Wildman–Crippen MR) is 121 cm³/mol. The van der Waals surface area contributed by atoms with Crippen molar-refractivity contribution in [2.75, 3.05) is 17.3 Å². The Bertz CT molecular complexity index is 1110. The molecule has 0 aliphatic rings. The van der Waals surface area contributed by atoms with E-state index in [9.17, 15) is 14.4 Å². The lowest BCUT2D eigenvalue weighted by molar-refractivity contribution is -0.136. The maximum Gasteiger partial charge on any atom is 0.328 e. The van der Waals surface area contributed by atoms with Crippen LogP contribution in [0.5, 0.6) is 0 Å². The Hall–Kier alpha value is -2.84. The molecule has 3 N–H and O–H groups in total. The molecule has 0 aliphatic heterocycles. The molecule has 0 bridgehead atoms. The summed E-state index contributed by atoms with van der Waals surface area (Å²) in [5, 5.41) is 6.38. The van der Waals surface area contributed by atoms with Gasteiger partial charge in [-0.25, -0.2) is 4.68 Å². The molecule has 0 atom stereocenters. The maximum absolute atomic E-state index is 12.9. The highest BCUT2D eigenvalue weighted by Gasteiger charge is 2.21. The Morgan fingerprint density at radius 2 is 1.83 bits per heavy atom. The molecule has 0 saturated carbocycles. The van der Waals surface area contributed by atoms with Gasteiger partial charge in [0, 0.05) is 16.4 Å². The summed E-state index contributed by atoms with van der Waals surface area (Å²) in [6.45, 7) is 2.39. The van der Waals surface area contributed by atoms with E-state index in [-0.39, 0.29) is 5.69 Å². The van der Waals surface area contributed by atoms with Crippen LogP contribution in [0.2, 0.25) is 5.02 Å². The molecule has 9 heteroatoms. The fraction of sp³-hybridized carbons (Fsp3) is 0.190. The number of halogens is 2. The van der Waals surface area contributed by atoms with Crippen LogP contribution in [0.3, 0.4) is 0 Å². The molecule has 3 aromatic rings. The average molecular weight is 492 g/mol. The number of para-hydroxylation sites is 1. The number of rotatable bonds is 6. The molecule has 1 heterocycles. The summed E-state index contributed by atoms with van der Waals surface area (Å²) in [7, 11) is 0. The van der Waals surface area contributed by atoms with Crippen molar-refractivity contribution in [3.8, 4) is 0 Å². The van der Waals surface area contributed by atoms with E-state index in [2.05, 4.69) is 32.0 Å².